The molecule has 108 valence electrons. The highest BCUT2D eigenvalue weighted by atomic mass is 32.2. The van der Waals surface area contributed by atoms with Gasteiger partial charge in [-0.15, -0.1) is 0 Å². The summed E-state index contributed by atoms with van der Waals surface area (Å²) in [5.41, 5.74) is 0. The lowest BCUT2D eigenvalue weighted by Gasteiger charge is -2.37. The van der Waals surface area contributed by atoms with Gasteiger partial charge in [0, 0.05) is 19.5 Å². The first-order valence-electron chi connectivity index (χ1n) is 6.30. The molecule has 0 aromatic rings. The van der Waals surface area contributed by atoms with Crippen LogP contribution < -0.4 is 0 Å². The molecule has 19 heavy (non-hydrogen) atoms. The average molecular weight is 290 g/mol. The molecule has 0 aliphatic carbocycles. The number of piperazine rings is 1. The molecule has 2 rings (SSSR count). The van der Waals surface area contributed by atoms with Gasteiger partial charge in [0.05, 0.1) is 30.2 Å². The van der Waals surface area contributed by atoms with Crippen LogP contribution in [0.15, 0.2) is 0 Å². The van der Waals surface area contributed by atoms with Gasteiger partial charge in [-0.25, -0.2) is 8.42 Å². The summed E-state index contributed by atoms with van der Waals surface area (Å²) >= 11 is 0. The number of aliphatic hydroxyl groups excluding tert-OH is 1. The fourth-order valence-corrected chi connectivity index (χ4v) is 4.42. The molecule has 0 saturated carbocycles. The van der Waals surface area contributed by atoms with Crippen molar-refractivity contribution in [2.75, 3.05) is 31.1 Å². The number of hydrogen-bond acceptors (Lipinski definition) is 6. The lowest BCUT2D eigenvalue weighted by Crippen LogP contribution is -2.57. The monoisotopic (exact) mass is 290 g/mol. The van der Waals surface area contributed by atoms with Gasteiger partial charge in [0.2, 0.25) is 11.8 Å². The van der Waals surface area contributed by atoms with Gasteiger partial charge in [0.1, 0.15) is 0 Å². The molecule has 0 aromatic heterocycles. The average Bonchev–Trinajstić information content (AvgIpc) is 2.61. The summed E-state index contributed by atoms with van der Waals surface area (Å²) < 4.78 is 22.9. The Kier molecular flexibility index (Phi) is 3.93. The first-order valence-corrected chi connectivity index (χ1v) is 8.12. The maximum atomic E-state index is 11.9. The van der Waals surface area contributed by atoms with Crippen LogP contribution in [0.2, 0.25) is 0 Å². The van der Waals surface area contributed by atoms with E-state index in [0.29, 0.717) is 6.54 Å². The molecule has 2 aliphatic rings. The summed E-state index contributed by atoms with van der Waals surface area (Å²) in [4.78, 5) is 26.2. The molecule has 0 aromatic carbocycles. The molecular formula is C11H18N2O5S. The third kappa shape index (κ3) is 2.96. The summed E-state index contributed by atoms with van der Waals surface area (Å²) in [6.07, 6.45) is -0.683. The summed E-state index contributed by atoms with van der Waals surface area (Å²) in [6, 6.07) is -0.534. The van der Waals surface area contributed by atoms with Crippen molar-refractivity contribution in [3.05, 3.63) is 0 Å². The van der Waals surface area contributed by atoms with E-state index in [-0.39, 0.29) is 42.8 Å². The summed E-state index contributed by atoms with van der Waals surface area (Å²) in [6.45, 7) is 2.35. The van der Waals surface area contributed by atoms with Crippen molar-refractivity contribution >= 4 is 21.7 Å². The SMILES string of the molecule is CCC(=O)N1CCN([C@@H]2CS(=O)(=O)C[C@@H]2O)CC1=O. The largest absolute Gasteiger partial charge is 0.390 e. The number of aliphatic hydroxyl groups is 1. The summed E-state index contributed by atoms with van der Waals surface area (Å²) in [5.74, 6) is -0.915. The Morgan fingerprint density at radius 3 is 2.53 bits per heavy atom. The Balaban J connectivity index is 2.03. The van der Waals surface area contributed by atoms with Crippen LogP contribution in [0.3, 0.4) is 0 Å². The van der Waals surface area contributed by atoms with Crippen molar-refractivity contribution < 1.29 is 23.1 Å². The van der Waals surface area contributed by atoms with E-state index in [1.807, 2.05) is 0 Å². The van der Waals surface area contributed by atoms with Crippen LogP contribution in [0.25, 0.3) is 0 Å². The third-order valence-electron chi connectivity index (χ3n) is 3.62. The second-order valence-electron chi connectivity index (χ2n) is 4.97. The van der Waals surface area contributed by atoms with Crippen molar-refractivity contribution in [1.82, 2.24) is 9.80 Å². The Bertz CT molecular complexity index is 489. The van der Waals surface area contributed by atoms with Crippen molar-refractivity contribution in [3.8, 4) is 0 Å². The van der Waals surface area contributed by atoms with Crippen LogP contribution in [-0.4, -0.2) is 78.4 Å². The van der Waals surface area contributed by atoms with E-state index in [9.17, 15) is 23.1 Å². The third-order valence-corrected chi connectivity index (χ3v) is 5.32. The predicted molar refractivity (Wildman–Crippen MR) is 67.0 cm³/mol. The minimum atomic E-state index is -3.23. The van der Waals surface area contributed by atoms with Crippen LogP contribution in [-0.2, 0) is 19.4 Å². The number of rotatable bonds is 2. The van der Waals surface area contributed by atoms with Crippen LogP contribution in [0.1, 0.15) is 13.3 Å². The second-order valence-corrected chi connectivity index (χ2v) is 7.13. The molecule has 0 bridgehead atoms. The first kappa shape index (κ1) is 14.4. The zero-order chi connectivity index (χ0) is 14.2. The van der Waals surface area contributed by atoms with Crippen LogP contribution >= 0.6 is 0 Å². The summed E-state index contributed by atoms with van der Waals surface area (Å²) in [5, 5.41) is 9.77. The lowest BCUT2D eigenvalue weighted by molar-refractivity contribution is -0.149. The minimum absolute atomic E-state index is 0.0109. The standard InChI is InChI=1S/C11H18N2O5S/c1-2-10(15)13-4-3-12(5-11(13)16)8-6-19(17,18)7-9(8)14/h8-9,14H,2-7H2,1H3/t8-,9+/m1/s1. The Morgan fingerprint density at radius 1 is 1.37 bits per heavy atom. The molecule has 2 amide bonds. The molecule has 0 spiro atoms. The van der Waals surface area contributed by atoms with E-state index in [2.05, 4.69) is 0 Å². The molecule has 1 N–H and O–H groups in total. The Hall–Kier alpha value is -0.990. The zero-order valence-electron chi connectivity index (χ0n) is 10.8. The van der Waals surface area contributed by atoms with Crippen molar-refractivity contribution in [2.24, 2.45) is 0 Å². The van der Waals surface area contributed by atoms with Crippen molar-refractivity contribution in [1.29, 1.82) is 0 Å². The first-order chi connectivity index (χ1) is 8.84. The topological polar surface area (TPSA) is 95.0 Å². The molecule has 0 radical (unpaired) electrons. The molecule has 7 nitrogen and oxygen atoms in total. The molecule has 0 unspecified atom stereocenters. The van der Waals surface area contributed by atoms with E-state index < -0.39 is 22.0 Å². The highest BCUT2D eigenvalue weighted by Crippen LogP contribution is 2.20. The second kappa shape index (κ2) is 5.18. The van der Waals surface area contributed by atoms with Gasteiger partial charge in [-0.05, 0) is 0 Å². The lowest BCUT2D eigenvalue weighted by atomic mass is 10.1. The fourth-order valence-electron chi connectivity index (χ4n) is 2.59. The van der Waals surface area contributed by atoms with Crippen molar-refractivity contribution in [2.45, 2.75) is 25.5 Å². The van der Waals surface area contributed by atoms with E-state index in [4.69, 9.17) is 0 Å². The molecule has 2 saturated heterocycles. The quantitative estimate of drug-likeness (QED) is 0.646. The normalized spacial score (nSPS) is 31.7. The predicted octanol–water partition coefficient (Wildman–Crippen LogP) is -1.77. The van der Waals surface area contributed by atoms with Gasteiger partial charge in [0.15, 0.2) is 9.84 Å². The van der Waals surface area contributed by atoms with Crippen LogP contribution in [0.4, 0.5) is 0 Å². The zero-order valence-corrected chi connectivity index (χ0v) is 11.6. The van der Waals surface area contributed by atoms with E-state index in [1.165, 1.54) is 4.90 Å². The molecule has 2 heterocycles. The molecular weight excluding hydrogens is 272 g/mol. The van der Waals surface area contributed by atoms with Gasteiger partial charge in [0.25, 0.3) is 0 Å². The number of imide groups is 1. The Morgan fingerprint density at radius 2 is 2.05 bits per heavy atom. The van der Waals surface area contributed by atoms with Gasteiger partial charge in [-0.3, -0.25) is 19.4 Å². The number of carbonyl (C=O) groups is 2. The summed E-state index contributed by atoms with van der Waals surface area (Å²) in [7, 11) is -3.23. The van der Waals surface area contributed by atoms with Crippen LogP contribution in [0.5, 0.6) is 0 Å². The van der Waals surface area contributed by atoms with Gasteiger partial charge >= 0.3 is 0 Å². The number of sulfone groups is 1. The van der Waals surface area contributed by atoms with Gasteiger partial charge < -0.3 is 5.11 Å². The molecule has 2 atom stereocenters. The van der Waals surface area contributed by atoms with Gasteiger partial charge in [-0.2, -0.15) is 0 Å². The van der Waals surface area contributed by atoms with Crippen molar-refractivity contribution in [3.63, 3.8) is 0 Å². The smallest absolute Gasteiger partial charge is 0.243 e. The highest BCUT2D eigenvalue weighted by Gasteiger charge is 2.42. The fraction of sp³-hybridized carbons (Fsp3) is 0.818. The number of amides is 2. The molecule has 8 heteroatoms. The molecule has 2 aliphatic heterocycles. The maximum absolute atomic E-state index is 11.9. The van der Waals surface area contributed by atoms with E-state index >= 15 is 0 Å². The minimum Gasteiger partial charge on any atom is -0.390 e. The Labute approximate surface area is 112 Å². The number of hydrogen-bond donors (Lipinski definition) is 1. The van der Waals surface area contributed by atoms with E-state index in [1.54, 1.807) is 11.8 Å². The number of carbonyl (C=O) groups excluding carboxylic acids is 2. The van der Waals surface area contributed by atoms with E-state index in [0.717, 1.165) is 0 Å². The number of nitrogens with zero attached hydrogens (tertiary/aromatic N) is 2. The molecule has 2 fully saturated rings. The van der Waals surface area contributed by atoms with Crippen LogP contribution in [0, 0.1) is 0 Å². The van der Waals surface area contributed by atoms with Gasteiger partial charge in [-0.1, -0.05) is 6.92 Å². The highest BCUT2D eigenvalue weighted by molar-refractivity contribution is 7.91. The maximum Gasteiger partial charge on any atom is 0.243 e.